The van der Waals surface area contributed by atoms with E-state index in [1.807, 2.05) is 0 Å². The SMILES string of the molecule is CCC.CN(C)c1nc(-c2cc(-c3ccon3)n(Cc3ccccc3F)n2)ncc1S(=O)(=O)Cl.O=S(=O)(Cl)c1cnc(-c2cc(-c3ccon3)n(Cc3ccccc3F)n2)nc1Cl.O=S([O-])Cl.O=c1ccnc(-c2cc(-c3ccon3)n(Cc3ccccc3F)n2)[nH]1. The lowest BCUT2D eigenvalue weighted by atomic mass is 10.2. The maximum absolute atomic E-state index is 14.2. The standard InChI is InChI=1S/C19H16ClFN6O3S.C17H10Cl2FN5O3S.C17H12FN5O2.C3H8.ClHO2S/c1-26(2)19-17(31(20,28)29)10-22-18(23-19)15-9-16(14-7-8-30-25-14)27(24-15)11-12-5-3-4-6-13(12)21;18-16-15(29(19,26)27)8-21-17(22-16)13-7-14(12-5-6-28-24-12)25(23-13)9-10-3-1-2-4-11(10)20;18-12-4-2-1-3-11(12)10-23-15(13-6-8-25-22-13)9-14(21-23)17-19-7-5-16(24)20-17;1-3-2;1-4(2)3/h3-10H,11H2,1-2H3;1-8H,9H2;1-9H,10H2,(H,19,20,24);3H2,1-2H3;(H,2,3)/p-1. The Hall–Kier alpha value is -9.28. The topological polar surface area (TPSA) is 341 Å². The quantitative estimate of drug-likeness (QED) is 0.0566. The number of rotatable bonds is 15. The van der Waals surface area contributed by atoms with Crippen molar-refractivity contribution in [1.29, 1.82) is 0 Å². The lowest BCUT2D eigenvalue weighted by Crippen LogP contribution is -2.15. The third-order valence-corrected chi connectivity index (χ3v) is 15.1. The van der Waals surface area contributed by atoms with Gasteiger partial charge in [0.1, 0.15) is 80.2 Å². The summed E-state index contributed by atoms with van der Waals surface area (Å²) >= 11 is 5.93. The zero-order chi connectivity index (χ0) is 66.3. The van der Waals surface area contributed by atoms with Gasteiger partial charge in [-0.25, -0.2) is 54.9 Å². The summed E-state index contributed by atoms with van der Waals surface area (Å²) in [5, 5.41) is 24.8. The van der Waals surface area contributed by atoms with Crippen LogP contribution in [0, 0.1) is 17.5 Å². The summed E-state index contributed by atoms with van der Waals surface area (Å²) in [5.74, 6) is -0.394. The molecule has 0 aliphatic rings. The van der Waals surface area contributed by atoms with Gasteiger partial charge in [0.05, 0.1) is 49.1 Å². The smallest absolute Gasteiger partial charge is 0.266 e. The molecule has 0 bridgehead atoms. The Labute approximate surface area is 541 Å². The first kappa shape index (κ1) is 68.6. The highest BCUT2D eigenvalue weighted by Gasteiger charge is 2.25. The van der Waals surface area contributed by atoms with Crippen molar-refractivity contribution in [3.05, 3.63) is 202 Å². The third kappa shape index (κ3) is 18.0. The number of hydrogen-bond acceptors (Lipinski definition) is 22. The van der Waals surface area contributed by atoms with Gasteiger partial charge in [-0.3, -0.25) is 23.0 Å². The van der Waals surface area contributed by atoms with Crippen LogP contribution in [0.5, 0.6) is 0 Å². The minimum Gasteiger partial charge on any atom is -0.760 e. The van der Waals surface area contributed by atoms with E-state index < -0.39 is 33.3 Å². The summed E-state index contributed by atoms with van der Waals surface area (Å²) in [6.07, 6.45) is 9.03. The highest BCUT2D eigenvalue weighted by atomic mass is 35.7. The number of anilines is 1. The van der Waals surface area contributed by atoms with Crippen LogP contribution in [0.15, 0.2) is 181 Å². The molecule has 0 spiro atoms. The number of hydrogen-bond donors (Lipinski definition) is 1. The van der Waals surface area contributed by atoms with E-state index in [4.69, 9.17) is 55.3 Å². The van der Waals surface area contributed by atoms with Gasteiger partial charge in [-0.2, -0.15) is 15.3 Å². The second kappa shape index (κ2) is 31.2. The molecule has 36 heteroatoms. The van der Waals surface area contributed by atoms with E-state index in [1.54, 1.807) is 114 Å². The van der Waals surface area contributed by atoms with Crippen LogP contribution in [0.25, 0.3) is 68.7 Å². The molecule has 0 saturated carbocycles. The molecule has 1 unspecified atom stereocenters. The summed E-state index contributed by atoms with van der Waals surface area (Å²) in [5.41, 5.74) is 5.31. The summed E-state index contributed by atoms with van der Waals surface area (Å²) < 4.78 is 126. The molecular formula is C56H46Cl4F3N16O10S3-. The van der Waals surface area contributed by atoms with E-state index in [0.717, 1.165) is 12.4 Å². The molecule has 26 nitrogen and oxygen atoms in total. The van der Waals surface area contributed by atoms with E-state index in [-0.39, 0.29) is 75.9 Å². The Bertz CT molecular complexity index is 4770. The fourth-order valence-electron chi connectivity index (χ4n) is 8.08. The molecule has 3 aromatic carbocycles. The van der Waals surface area contributed by atoms with E-state index in [2.05, 4.69) is 85.2 Å². The maximum atomic E-state index is 14.2. The molecule has 12 aromatic rings. The molecule has 0 radical (unpaired) electrons. The van der Waals surface area contributed by atoms with Gasteiger partial charge in [-0.15, -0.1) is 0 Å². The Balaban J connectivity index is 0.000000169. The molecule has 12 rings (SSSR count). The summed E-state index contributed by atoms with van der Waals surface area (Å²) in [4.78, 5) is 35.5. The monoisotopic (exact) mass is 1400 g/mol. The highest BCUT2D eigenvalue weighted by molar-refractivity contribution is 8.14. The van der Waals surface area contributed by atoms with Crippen LogP contribution >= 0.6 is 43.6 Å². The Morgan fingerprint density at radius 2 is 0.946 bits per heavy atom. The highest BCUT2D eigenvalue weighted by Crippen LogP contribution is 2.32. The first-order chi connectivity index (χ1) is 43.9. The fourth-order valence-corrected chi connectivity index (χ4v) is 10.3. The molecule has 0 saturated heterocycles. The number of halogens is 7. The zero-order valence-electron chi connectivity index (χ0n) is 47.9. The normalized spacial score (nSPS) is 11.4. The predicted octanol–water partition coefficient (Wildman–Crippen LogP) is 10.9. The van der Waals surface area contributed by atoms with Gasteiger partial charge < -0.3 is 28.0 Å². The van der Waals surface area contributed by atoms with Crippen molar-refractivity contribution >= 4 is 77.9 Å². The first-order valence-electron chi connectivity index (χ1n) is 26.4. The lowest BCUT2D eigenvalue weighted by Gasteiger charge is -2.14. The second-order valence-electron chi connectivity index (χ2n) is 18.8. The molecule has 9 aromatic heterocycles. The summed E-state index contributed by atoms with van der Waals surface area (Å²) in [6, 6.07) is 30.4. The maximum Gasteiger partial charge on any atom is 0.266 e. The van der Waals surface area contributed by atoms with Crippen molar-refractivity contribution in [3.8, 4) is 68.7 Å². The van der Waals surface area contributed by atoms with E-state index in [9.17, 15) is 34.8 Å². The largest absolute Gasteiger partial charge is 0.760 e. The van der Waals surface area contributed by atoms with Crippen molar-refractivity contribution < 1.29 is 52.3 Å². The Kier molecular flexibility index (Phi) is 23.2. The molecule has 92 heavy (non-hydrogen) atoms. The van der Waals surface area contributed by atoms with Gasteiger partial charge in [-0.1, -0.05) is 102 Å². The minimum absolute atomic E-state index is 0.0658. The number of aromatic nitrogens is 15. The van der Waals surface area contributed by atoms with Crippen LogP contribution in [-0.2, 0) is 48.0 Å². The summed E-state index contributed by atoms with van der Waals surface area (Å²) in [7, 11) is 7.73. The van der Waals surface area contributed by atoms with E-state index in [1.165, 1.54) is 65.3 Å². The van der Waals surface area contributed by atoms with Gasteiger partial charge in [0.15, 0.2) is 28.4 Å². The van der Waals surface area contributed by atoms with Gasteiger partial charge >= 0.3 is 0 Å². The molecule has 0 aliphatic carbocycles. The Morgan fingerprint density at radius 3 is 1.29 bits per heavy atom. The van der Waals surface area contributed by atoms with Crippen molar-refractivity contribution in [3.63, 3.8) is 0 Å². The molecule has 1 atom stereocenters. The summed E-state index contributed by atoms with van der Waals surface area (Å²) in [6.45, 7) is 4.69. The number of aromatic amines is 1. The predicted molar refractivity (Wildman–Crippen MR) is 332 cm³/mol. The van der Waals surface area contributed by atoms with Crippen molar-refractivity contribution in [1.82, 2.24) is 74.7 Å². The number of benzene rings is 3. The van der Waals surface area contributed by atoms with Crippen LogP contribution < -0.4 is 10.5 Å². The molecule has 9 heterocycles. The van der Waals surface area contributed by atoms with Crippen molar-refractivity contribution in [2.24, 2.45) is 0 Å². The molecule has 0 aliphatic heterocycles. The molecule has 1 N–H and O–H groups in total. The number of H-pyrrole nitrogens is 1. The average molecular weight is 1400 g/mol. The van der Waals surface area contributed by atoms with Crippen molar-refractivity contribution in [2.45, 2.75) is 49.7 Å². The van der Waals surface area contributed by atoms with Crippen LogP contribution in [0.2, 0.25) is 5.15 Å². The second-order valence-corrected chi connectivity index (χ2v) is 25.4. The van der Waals surface area contributed by atoms with Gasteiger partial charge in [0.25, 0.3) is 23.7 Å². The minimum atomic E-state index is -4.09. The molecule has 0 fully saturated rings. The Morgan fingerprint density at radius 1 is 0.576 bits per heavy atom. The van der Waals surface area contributed by atoms with Gasteiger partial charge in [0.2, 0.25) is 0 Å². The van der Waals surface area contributed by atoms with Gasteiger partial charge in [0, 0.05) is 92.9 Å². The zero-order valence-corrected chi connectivity index (χ0v) is 53.4. The van der Waals surface area contributed by atoms with Crippen LogP contribution in [-0.4, -0.2) is 114 Å². The first-order valence-corrected chi connectivity index (χ1v) is 33.3. The van der Waals surface area contributed by atoms with Gasteiger partial charge in [-0.05, 0) is 47.1 Å². The van der Waals surface area contributed by atoms with Crippen molar-refractivity contribution in [2.75, 3.05) is 19.0 Å². The molecule has 478 valence electrons. The molecular weight excluding hydrogens is 1350 g/mol. The van der Waals surface area contributed by atoms with Crippen LogP contribution in [0.4, 0.5) is 19.0 Å². The number of nitrogens with zero attached hydrogens (tertiary/aromatic N) is 15. The number of nitrogens with one attached hydrogen (secondary N) is 1. The lowest BCUT2D eigenvalue weighted by molar-refractivity contribution is 0.421. The molecule has 0 amide bonds. The third-order valence-electron chi connectivity index (χ3n) is 12.0. The van der Waals surface area contributed by atoms with Crippen LogP contribution in [0.1, 0.15) is 37.0 Å². The average Bonchev–Trinajstić information content (AvgIpc) is 1.54. The van der Waals surface area contributed by atoms with E-state index in [0.29, 0.717) is 68.1 Å². The van der Waals surface area contributed by atoms with Crippen LogP contribution in [0.3, 0.4) is 0 Å². The van der Waals surface area contributed by atoms with E-state index >= 15 is 0 Å². The fraction of sp³-hybridized carbons (Fsp3) is 0.143.